The molecule has 0 aliphatic heterocycles. The molecule has 1 aliphatic carbocycles. The number of fused-ring (bicyclic) bond motifs is 4. The van der Waals surface area contributed by atoms with Crippen LogP contribution in [0.4, 0.5) is 0 Å². The number of nitrogens with zero attached hydrogens (tertiary/aromatic N) is 2. The molecule has 5 nitrogen and oxygen atoms in total. The van der Waals surface area contributed by atoms with Crippen molar-refractivity contribution < 1.29 is 4.90 Å². The summed E-state index contributed by atoms with van der Waals surface area (Å²) in [5, 5.41) is 1.95. The number of quaternary nitrogens is 1. The molecule has 0 saturated carbocycles. The van der Waals surface area contributed by atoms with Gasteiger partial charge in [0, 0.05) is 4.88 Å². The van der Waals surface area contributed by atoms with Gasteiger partial charge in [-0.1, -0.05) is 12.1 Å². The quantitative estimate of drug-likeness (QED) is 0.542. The van der Waals surface area contributed by atoms with Gasteiger partial charge in [0.25, 0.3) is 5.56 Å². The zero-order valence-corrected chi connectivity index (χ0v) is 17.7. The second kappa shape index (κ2) is 7.06. The van der Waals surface area contributed by atoms with Crippen LogP contribution in [0.1, 0.15) is 47.1 Å². The Kier molecular flexibility index (Phi) is 4.53. The number of hydrogen-bond donors (Lipinski definition) is 2. The zero-order chi connectivity index (χ0) is 19.3. The summed E-state index contributed by atoms with van der Waals surface area (Å²) in [6, 6.07) is 8.48. The maximum atomic E-state index is 12.8. The summed E-state index contributed by atoms with van der Waals surface area (Å²) in [7, 11) is 2.14. The molecule has 5 rings (SSSR count). The highest BCUT2D eigenvalue weighted by atomic mass is 32.1. The molecule has 0 spiro atoms. The molecule has 4 aromatic rings. The van der Waals surface area contributed by atoms with Crippen LogP contribution in [0.2, 0.25) is 0 Å². The summed E-state index contributed by atoms with van der Waals surface area (Å²) in [6.07, 6.45) is 4.49. The first-order chi connectivity index (χ1) is 13.6. The van der Waals surface area contributed by atoms with Gasteiger partial charge in [-0.3, -0.25) is 4.79 Å². The molecule has 28 heavy (non-hydrogen) atoms. The van der Waals surface area contributed by atoms with Gasteiger partial charge in [-0.2, -0.15) is 0 Å². The zero-order valence-electron chi connectivity index (χ0n) is 16.0. The van der Waals surface area contributed by atoms with Crippen LogP contribution < -0.4 is 10.5 Å². The van der Waals surface area contributed by atoms with E-state index >= 15 is 0 Å². The summed E-state index contributed by atoms with van der Waals surface area (Å²) in [6.45, 7) is 2.86. The van der Waals surface area contributed by atoms with E-state index in [0.717, 1.165) is 39.4 Å². The van der Waals surface area contributed by atoms with Crippen molar-refractivity contribution in [3.63, 3.8) is 0 Å². The van der Waals surface area contributed by atoms with Crippen LogP contribution in [0.5, 0.6) is 0 Å². The summed E-state index contributed by atoms with van der Waals surface area (Å²) in [5.41, 5.74) is 2.33. The van der Waals surface area contributed by atoms with Crippen molar-refractivity contribution in [3.05, 3.63) is 55.9 Å². The van der Waals surface area contributed by atoms with Crippen LogP contribution in [0.3, 0.4) is 0 Å². The Labute approximate surface area is 171 Å². The number of benzene rings is 1. The SMILES string of the molecule is C[C@@H](c1nc2ccccc2s1)[NH+](C)Cc1nc2sc3c(c2c(=O)[nH]1)CCCC3. The van der Waals surface area contributed by atoms with Crippen LogP contribution in [0, 0.1) is 0 Å². The third kappa shape index (κ3) is 3.07. The van der Waals surface area contributed by atoms with Gasteiger partial charge in [0.05, 0.1) is 22.7 Å². The van der Waals surface area contributed by atoms with Gasteiger partial charge >= 0.3 is 0 Å². The molecule has 1 unspecified atom stereocenters. The van der Waals surface area contributed by atoms with Gasteiger partial charge in [-0.15, -0.1) is 22.7 Å². The van der Waals surface area contributed by atoms with Gasteiger partial charge < -0.3 is 9.88 Å². The maximum absolute atomic E-state index is 12.8. The Hall–Kier alpha value is -2.09. The molecule has 3 aromatic heterocycles. The average Bonchev–Trinajstić information content (AvgIpc) is 3.28. The minimum atomic E-state index is 0.0276. The molecule has 7 heteroatoms. The maximum Gasteiger partial charge on any atom is 0.260 e. The van der Waals surface area contributed by atoms with E-state index in [1.165, 1.54) is 32.9 Å². The largest absolute Gasteiger partial charge is 0.323 e. The van der Waals surface area contributed by atoms with Gasteiger partial charge in [-0.25, -0.2) is 9.97 Å². The minimum Gasteiger partial charge on any atom is -0.323 e. The predicted octanol–water partition coefficient (Wildman–Crippen LogP) is 3.25. The molecule has 144 valence electrons. The Bertz CT molecular complexity index is 1190. The van der Waals surface area contributed by atoms with E-state index in [4.69, 9.17) is 9.97 Å². The van der Waals surface area contributed by atoms with E-state index in [2.05, 4.69) is 37.2 Å². The van der Waals surface area contributed by atoms with Crippen molar-refractivity contribution in [3.8, 4) is 0 Å². The average molecular weight is 412 g/mol. The van der Waals surface area contributed by atoms with Crippen molar-refractivity contribution in [1.29, 1.82) is 0 Å². The number of rotatable bonds is 4. The highest BCUT2D eigenvalue weighted by Gasteiger charge is 2.23. The Morgan fingerprint density at radius 1 is 1.18 bits per heavy atom. The van der Waals surface area contributed by atoms with Crippen molar-refractivity contribution in [2.24, 2.45) is 0 Å². The number of para-hydroxylation sites is 1. The molecule has 1 aliphatic rings. The third-order valence-corrected chi connectivity index (χ3v) is 8.15. The molecule has 2 atom stereocenters. The van der Waals surface area contributed by atoms with E-state index in [1.54, 1.807) is 22.7 Å². The van der Waals surface area contributed by atoms with Crippen LogP contribution in [-0.4, -0.2) is 22.0 Å². The number of nitrogens with one attached hydrogen (secondary N) is 2. The highest BCUT2D eigenvalue weighted by molar-refractivity contribution is 7.19. The second-order valence-electron chi connectivity index (χ2n) is 7.67. The van der Waals surface area contributed by atoms with Crippen molar-refractivity contribution >= 4 is 43.1 Å². The van der Waals surface area contributed by atoms with E-state index < -0.39 is 0 Å². The highest BCUT2D eigenvalue weighted by Crippen LogP contribution is 2.33. The summed E-state index contributed by atoms with van der Waals surface area (Å²) in [5.74, 6) is 0.765. The van der Waals surface area contributed by atoms with E-state index in [9.17, 15) is 4.79 Å². The van der Waals surface area contributed by atoms with Crippen molar-refractivity contribution in [2.75, 3.05) is 7.05 Å². The lowest BCUT2D eigenvalue weighted by Gasteiger charge is -2.19. The number of thiazole rings is 1. The minimum absolute atomic E-state index is 0.0276. The normalized spacial score (nSPS) is 16.4. The van der Waals surface area contributed by atoms with Gasteiger partial charge in [0.1, 0.15) is 17.4 Å². The first kappa shape index (κ1) is 18.0. The first-order valence-corrected chi connectivity index (χ1v) is 11.4. The summed E-state index contributed by atoms with van der Waals surface area (Å²) >= 11 is 3.46. The molecule has 2 N–H and O–H groups in total. The molecule has 1 aromatic carbocycles. The monoisotopic (exact) mass is 411 g/mol. The van der Waals surface area contributed by atoms with Crippen molar-refractivity contribution in [1.82, 2.24) is 15.0 Å². The number of aromatic amines is 1. The Morgan fingerprint density at radius 2 is 2.00 bits per heavy atom. The third-order valence-electron chi connectivity index (χ3n) is 5.74. The van der Waals surface area contributed by atoms with Crippen LogP contribution >= 0.6 is 22.7 Å². The van der Waals surface area contributed by atoms with Gasteiger partial charge in [0.15, 0.2) is 10.8 Å². The summed E-state index contributed by atoms with van der Waals surface area (Å²) < 4.78 is 1.22. The Morgan fingerprint density at radius 3 is 2.86 bits per heavy atom. The number of H-pyrrole nitrogens is 1. The van der Waals surface area contributed by atoms with Gasteiger partial charge in [0.2, 0.25) is 0 Å². The number of thiophene rings is 1. The number of aromatic nitrogens is 3. The molecule has 0 amide bonds. The Balaban J connectivity index is 1.43. The van der Waals surface area contributed by atoms with Crippen LogP contribution in [0.15, 0.2) is 29.1 Å². The molecular weight excluding hydrogens is 388 g/mol. The molecular formula is C21H23N4OS2+. The summed E-state index contributed by atoms with van der Waals surface area (Å²) in [4.78, 5) is 29.0. The van der Waals surface area contributed by atoms with Gasteiger partial charge in [-0.05, 0) is 50.3 Å². The van der Waals surface area contributed by atoms with E-state index in [1.807, 2.05) is 6.07 Å². The fraction of sp³-hybridized carbons (Fsp3) is 0.381. The predicted molar refractivity (Wildman–Crippen MR) is 116 cm³/mol. The van der Waals surface area contributed by atoms with Crippen molar-refractivity contribution in [2.45, 2.75) is 45.2 Å². The smallest absolute Gasteiger partial charge is 0.260 e. The van der Waals surface area contributed by atoms with Crippen LogP contribution in [0.25, 0.3) is 20.4 Å². The van der Waals surface area contributed by atoms with E-state index in [0.29, 0.717) is 6.54 Å². The standard InChI is InChI=1S/C21H22N4OS2/c1-12(20-22-14-8-4-6-10-16(14)28-20)25(2)11-17-23-19(26)18-13-7-3-5-9-15(13)27-21(18)24-17/h4,6,8,10,12H,3,5,7,9,11H2,1-2H3,(H,23,24,26)/p+1/t12-/m0/s1. The molecule has 0 fully saturated rings. The molecule has 0 bridgehead atoms. The number of hydrogen-bond acceptors (Lipinski definition) is 5. The lowest BCUT2D eigenvalue weighted by molar-refractivity contribution is -0.924. The number of aryl methyl sites for hydroxylation is 2. The fourth-order valence-corrected chi connectivity index (χ4v) is 6.39. The molecule has 3 heterocycles. The lowest BCUT2D eigenvalue weighted by atomic mass is 9.97. The van der Waals surface area contributed by atoms with E-state index in [-0.39, 0.29) is 11.6 Å². The topological polar surface area (TPSA) is 63.1 Å². The molecule has 0 saturated heterocycles. The molecule has 0 radical (unpaired) electrons. The fourth-order valence-electron chi connectivity index (χ4n) is 4.00. The second-order valence-corrected chi connectivity index (χ2v) is 9.81. The van der Waals surface area contributed by atoms with Crippen LogP contribution in [-0.2, 0) is 19.4 Å². The first-order valence-electron chi connectivity index (χ1n) is 9.81. The lowest BCUT2D eigenvalue weighted by Crippen LogP contribution is -3.07.